The summed E-state index contributed by atoms with van der Waals surface area (Å²) in [5, 5.41) is 12.0. The van der Waals surface area contributed by atoms with Gasteiger partial charge in [-0.1, -0.05) is 11.3 Å². The van der Waals surface area contributed by atoms with Crippen LogP contribution in [0.3, 0.4) is 0 Å². The molecule has 13 heavy (non-hydrogen) atoms. The highest BCUT2D eigenvalue weighted by molar-refractivity contribution is 7.13. The number of nitrogens with zero attached hydrogens (tertiary/aromatic N) is 2. The van der Waals surface area contributed by atoms with E-state index in [0.29, 0.717) is 0 Å². The minimum Gasteiger partial charge on any atom is -0.381 e. The molecule has 2 atom stereocenters. The van der Waals surface area contributed by atoms with Gasteiger partial charge in [0, 0.05) is 6.54 Å². The molecule has 0 spiro atoms. The molecule has 70 valence electrons. The number of rotatable bonds is 3. The normalized spacial score (nSPS) is 35.8. The molecule has 3 rings (SSSR count). The Morgan fingerprint density at radius 3 is 3.08 bits per heavy atom. The number of aromatic nitrogens is 2. The number of fused-ring (bicyclic) bond motifs is 1. The number of ether oxygens (including phenoxy) is 1. The first-order valence-electron chi connectivity index (χ1n) is 4.53. The van der Waals surface area contributed by atoms with Crippen molar-refractivity contribution in [1.29, 1.82) is 0 Å². The fourth-order valence-corrected chi connectivity index (χ4v) is 2.57. The molecule has 1 aromatic rings. The molecule has 1 aliphatic carbocycles. The van der Waals surface area contributed by atoms with Crippen LogP contribution in [0, 0.1) is 17.8 Å². The Morgan fingerprint density at radius 1 is 1.54 bits per heavy atom. The zero-order chi connectivity index (χ0) is 8.67. The molecular formula is C8H11N3OS. The fraction of sp³-hybridized carbons (Fsp3) is 0.750. The molecule has 1 N–H and O–H groups in total. The van der Waals surface area contributed by atoms with E-state index >= 15 is 0 Å². The van der Waals surface area contributed by atoms with Gasteiger partial charge in [-0.05, 0) is 17.8 Å². The third kappa shape index (κ3) is 1.32. The van der Waals surface area contributed by atoms with Crippen molar-refractivity contribution in [3.05, 3.63) is 5.51 Å². The molecule has 2 heterocycles. The van der Waals surface area contributed by atoms with E-state index in [1.165, 1.54) is 0 Å². The molecular weight excluding hydrogens is 186 g/mol. The van der Waals surface area contributed by atoms with Crippen LogP contribution in [-0.4, -0.2) is 30.0 Å². The molecule has 0 bridgehead atoms. The summed E-state index contributed by atoms with van der Waals surface area (Å²) in [7, 11) is 0. The Bertz CT molecular complexity index is 280. The predicted molar refractivity (Wildman–Crippen MR) is 49.7 cm³/mol. The van der Waals surface area contributed by atoms with Gasteiger partial charge in [0.1, 0.15) is 5.51 Å². The Morgan fingerprint density at radius 2 is 2.38 bits per heavy atom. The number of hydrogen-bond acceptors (Lipinski definition) is 5. The third-order valence-corrected chi connectivity index (χ3v) is 3.63. The molecule has 0 aromatic carbocycles. The molecule has 4 nitrogen and oxygen atoms in total. The summed E-state index contributed by atoms with van der Waals surface area (Å²) in [5.74, 6) is 2.46. The Kier molecular flexibility index (Phi) is 1.73. The Balaban J connectivity index is 1.50. The summed E-state index contributed by atoms with van der Waals surface area (Å²) in [5.41, 5.74) is 1.75. The van der Waals surface area contributed by atoms with E-state index in [9.17, 15) is 0 Å². The summed E-state index contributed by atoms with van der Waals surface area (Å²) in [6, 6.07) is 0. The van der Waals surface area contributed by atoms with Gasteiger partial charge >= 0.3 is 0 Å². The molecule has 1 saturated heterocycles. The van der Waals surface area contributed by atoms with Gasteiger partial charge in [0.25, 0.3) is 0 Å². The second kappa shape index (κ2) is 2.92. The summed E-state index contributed by atoms with van der Waals surface area (Å²) in [4.78, 5) is 0. The first kappa shape index (κ1) is 7.70. The number of anilines is 1. The summed E-state index contributed by atoms with van der Waals surface area (Å²) >= 11 is 1.56. The van der Waals surface area contributed by atoms with Crippen LogP contribution < -0.4 is 5.32 Å². The van der Waals surface area contributed by atoms with Crippen molar-refractivity contribution in [2.75, 3.05) is 25.1 Å². The third-order valence-electron chi connectivity index (χ3n) is 2.98. The highest BCUT2D eigenvalue weighted by atomic mass is 32.1. The van der Waals surface area contributed by atoms with Gasteiger partial charge in [0.2, 0.25) is 5.13 Å². The highest BCUT2D eigenvalue weighted by Crippen LogP contribution is 2.50. The van der Waals surface area contributed by atoms with Gasteiger partial charge in [-0.25, -0.2) is 0 Å². The van der Waals surface area contributed by atoms with Gasteiger partial charge in [-0.2, -0.15) is 0 Å². The predicted octanol–water partition coefficient (Wildman–Crippen LogP) is 0.842. The van der Waals surface area contributed by atoms with E-state index in [2.05, 4.69) is 15.5 Å². The average Bonchev–Trinajstić information content (AvgIpc) is 2.68. The van der Waals surface area contributed by atoms with E-state index in [1.54, 1.807) is 16.8 Å². The van der Waals surface area contributed by atoms with Crippen molar-refractivity contribution in [2.45, 2.75) is 0 Å². The van der Waals surface area contributed by atoms with Crippen LogP contribution in [0.5, 0.6) is 0 Å². The standard InChI is InChI=1S/C8H11N3OS/c1(9-8-11-10-4-13-8)5-6-2-12-3-7(5)6/h4-7H,1-3H2,(H,9,11). The fourth-order valence-electron chi connectivity index (χ4n) is 2.12. The van der Waals surface area contributed by atoms with Gasteiger partial charge in [-0.3, -0.25) is 0 Å². The molecule has 1 aliphatic heterocycles. The molecule has 2 fully saturated rings. The summed E-state index contributed by atoms with van der Waals surface area (Å²) in [6.45, 7) is 2.97. The maximum Gasteiger partial charge on any atom is 0.205 e. The quantitative estimate of drug-likeness (QED) is 0.780. The van der Waals surface area contributed by atoms with Crippen LogP contribution >= 0.6 is 11.3 Å². The molecule has 0 amide bonds. The molecule has 2 unspecified atom stereocenters. The van der Waals surface area contributed by atoms with E-state index in [1.807, 2.05) is 0 Å². The van der Waals surface area contributed by atoms with E-state index < -0.39 is 0 Å². The van der Waals surface area contributed by atoms with Crippen molar-refractivity contribution < 1.29 is 4.74 Å². The monoisotopic (exact) mass is 197 g/mol. The first-order valence-corrected chi connectivity index (χ1v) is 5.41. The van der Waals surface area contributed by atoms with Gasteiger partial charge in [0.05, 0.1) is 13.2 Å². The largest absolute Gasteiger partial charge is 0.381 e. The minimum absolute atomic E-state index is 0.817. The summed E-state index contributed by atoms with van der Waals surface area (Å²) in [6.07, 6.45) is 0. The van der Waals surface area contributed by atoms with Crippen LogP contribution in [0.2, 0.25) is 0 Å². The Labute approximate surface area is 80.3 Å². The lowest BCUT2D eigenvalue weighted by Gasteiger charge is -2.03. The van der Waals surface area contributed by atoms with Crippen molar-refractivity contribution in [2.24, 2.45) is 17.8 Å². The van der Waals surface area contributed by atoms with Crippen molar-refractivity contribution in [3.63, 3.8) is 0 Å². The zero-order valence-corrected chi connectivity index (χ0v) is 7.96. The second-order valence-electron chi connectivity index (χ2n) is 3.65. The van der Waals surface area contributed by atoms with E-state index in [4.69, 9.17) is 4.74 Å². The highest BCUT2D eigenvalue weighted by Gasteiger charge is 2.53. The zero-order valence-electron chi connectivity index (χ0n) is 7.14. The number of hydrogen-bond donors (Lipinski definition) is 1. The van der Waals surface area contributed by atoms with E-state index in [-0.39, 0.29) is 0 Å². The SMILES string of the molecule is c1nnc(NCC2C3COCC23)s1. The van der Waals surface area contributed by atoms with Gasteiger partial charge < -0.3 is 10.1 Å². The molecule has 1 saturated carbocycles. The van der Waals surface area contributed by atoms with Crippen LogP contribution in [0.25, 0.3) is 0 Å². The molecule has 1 aromatic heterocycles. The maximum absolute atomic E-state index is 5.32. The lowest BCUT2D eigenvalue weighted by atomic mass is 10.3. The lowest BCUT2D eigenvalue weighted by Crippen LogP contribution is -2.09. The molecule has 5 heteroatoms. The van der Waals surface area contributed by atoms with Crippen molar-refractivity contribution in [1.82, 2.24) is 10.2 Å². The topological polar surface area (TPSA) is 47.0 Å². The second-order valence-corrected chi connectivity index (χ2v) is 4.49. The van der Waals surface area contributed by atoms with E-state index in [0.717, 1.165) is 42.6 Å². The van der Waals surface area contributed by atoms with Crippen LogP contribution in [0.4, 0.5) is 5.13 Å². The van der Waals surface area contributed by atoms with Gasteiger partial charge in [-0.15, -0.1) is 10.2 Å². The summed E-state index contributed by atoms with van der Waals surface area (Å²) < 4.78 is 5.32. The smallest absolute Gasteiger partial charge is 0.205 e. The van der Waals surface area contributed by atoms with Crippen molar-refractivity contribution >= 4 is 16.5 Å². The molecule has 2 aliphatic rings. The van der Waals surface area contributed by atoms with Crippen LogP contribution in [0.1, 0.15) is 0 Å². The number of nitrogens with one attached hydrogen (secondary N) is 1. The van der Waals surface area contributed by atoms with Crippen LogP contribution in [-0.2, 0) is 4.74 Å². The average molecular weight is 197 g/mol. The minimum atomic E-state index is 0.817. The first-order chi connectivity index (χ1) is 6.45. The molecule has 0 radical (unpaired) electrons. The maximum atomic E-state index is 5.32. The lowest BCUT2D eigenvalue weighted by molar-refractivity contribution is 0.153. The van der Waals surface area contributed by atoms with Gasteiger partial charge in [0.15, 0.2) is 0 Å². The van der Waals surface area contributed by atoms with Crippen molar-refractivity contribution in [3.8, 4) is 0 Å². The Hall–Kier alpha value is -0.680. The van der Waals surface area contributed by atoms with Crippen LogP contribution in [0.15, 0.2) is 5.51 Å².